The Labute approximate surface area is 130 Å². The van der Waals surface area contributed by atoms with Crippen LogP contribution in [0.1, 0.15) is 10.4 Å². The van der Waals surface area contributed by atoms with E-state index >= 15 is 0 Å². The molecule has 0 spiro atoms. The zero-order chi connectivity index (χ0) is 13.3. The number of ketones is 1. The van der Waals surface area contributed by atoms with E-state index in [9.17, 15) is 9.59 Å². The molecule has 0 radical (unpaired) electrons. The molecule has 1 aromatic carbocycles. The van der Waals surface area contributed by atoms with E-state index in [1.165, 1.54) is 6.08 Å². The van der Waals surface area contributed by atoms with E-state index in [0.29, 0.717) is 19.3 Å². The normalized spacial score (nSPS) is 17.1. The molecular weight excluding hydrogens is 402 g/mol. The van der Waals surface area contributed by atoms with E-state index < -0.39 is 0 Å². The van der Waals surface area contributed by atoms with Crippen molar-refractivity contribution in [1.29, 1.82) is 0 Å². The van der Waals surface area contributed by atoms with Crippen molar-refractivity contribution in [3.05, 3.63) is 43.7 Å². The molecule has 18 heavy (non-hydrogen) atoms. The van der Waals surface area contributed by atoms with Gasteiger partial charge in [0.1, 0.15) is 4.32 Å². The molecule has 92 valence electrons. The lowest BCUT2D eigenvalue weighted by Gasteiger charge is -2.01. The molecule has 0 aliphatic carbocycles. The van der Waals surface area contributed by atoms with Crippen molar-refractivity contribution in [3.63, 3.8) is 0 Å². The molecule has 1 amide bonds. The van der Waals surface area contributed by atoms with Gasteiger partial charge in [0.2, 0.25) is 0 Å². The molecule has 1 aliphatic heterocycles. The summed E-state index contributed by atoms with van der Waals surface area (Å²) >= 11 is 12.5. The maximum atomic E-state index is 12.1. The highest BCUT2D eigenvalue weighted by molar-refractivity contribution is 9.11. The highest BCUT2D eigenvalue weighted by Gasteiger charge is 2.23. The van der Waals surface area contributed by atoms with Crippen LogP contribution in [0, 0.1) is 0 Å². The Balaban J connectivity index is 2.33. The summed E-state index contributed by atoms with van der Waals surface area (Å²) < 4.78 is 1.84. The quantitative estimate of drug-likeness (QED) is 0.464. The van der Waals surface area contributed by atoms with Crippen LogP contribution in [0.25, 0.3) is 0 Å². The minimum atomic E-state index is -0.329. The molecule has 1 aliphatic rings. The molecule has 0 aromatic heterocycles. The van der Waals surface area contributed by atoms with Crippen molar-refractivity contribution in [2.45, 2.75) is 0 Å². The van der Waals surface area contributed by atoms with Crippen molar-refractivity contribution in [2.24, 2.45) is 0 Å². The smallest absolute Gasteiger partial charge is 0.263 e. The van der Waals surface area contributed by atoms with Gasteiger partial charge in [-0.25, -0.2) is 0 Å². The van der Waals surface area contributed by atoms with Gasteiger partial charge in [-0.15, -0.1) is 0 Å². The van der Waals surface area contributed by atoms with Crippen molar-refractivity contribution in [1.82, 2.24) is 5.32 Å². The van der Waals surface area contributed by atoms with Gasteiger partial charge in [0.05, 0.1) is 4.91 Å². The lowest BCUT2D eigenvalue weighted by Crippen LogP contribution is -2.18. The van der Waals surface area contributed by atoms with E-state index in [1.807, 2.05) is 6.07 Å². The van der Waals surface area contributed by atoms with Crippen LogP contribution in [0.2, 0.25) is 0 Å². The molecular formula is C11H5Br2NO2S2. The second kappa shape index (κ2) is 5.64. The minimum Gasteiger partial charge on any atom is -0.307 e. The zero-order valence-electron chi connectivity index (χ0n) is 8.70. The molecule has 0 unspecified atom stereocenters. The predicted octanol–water partition coefficient (Wildman–Crippen LogP) is 3.43. The number of amides is 1. The number of nitrogens with one attached hydrogen (secondary N) is 1. The van der Waals surface area contributed by atoms with Gasteiger partial charge in [0.15, 0.2) is 5.78 Å². The third kappa shape index (κ3) is 3.09. The average Bonchev–Trinajstić information content (AvgIpc) is 2.61. The monoisotopic (exact) mass is 405 g/mol. The van der Waals surface area contributed by atoms with Crippen LogP contribution < -0.4 is 5.32 Å². The molecule has 7 heteroatoms. The van der Waals surface area contributed by atoms with Crippen LogP contribution in [0.5, 0.6) is 0 Å². The second-order valence-corrected chi connectivity index (χ2v) is 6.83. The molecule has 2 rings (SSSR count). The summed E-state index contributed by atoms with van der Waals surface area (Å²) in [5.41, 5.74) is 0.489. The predicted molar refractivity (Wildman–Crippen MR) is 82.6 cm³/mol. The standard InChI is InChI=1S/C11H5Br2NO2S2/c12-5-1-2-7(13)6(3-5)8(15)4-9-10(16)14-11(17)18-9/h1-4H,(H,14,16,17)/b9-4-. The number of benzene rings is 1. The molecule has 0 saturated carbocycles. The summed E-state index contributed by atoms with van der Waals surface area (Å²) in [5.74, 6) is -0.574. The summed E-state index contributed by atoms with van der Waals surface area (Å²) in [6.45, 7) is 0. The largest absolute Gasteiger partial charge is 0.307 e. The van der Waals surface area contributed by atoms with Crippen LogP contribution in [-0.4, -0.2) is 16.0 Å². The lowest BCUT2D eigenvalue weighted by molar-refractivity contribution is -0.115. The number of rotatable bonds is 2. The van der Waals surface area contributed by atoms with Gasteiger partial charge >= 0.3 is 0 Å². The van der Waals surface area contributed by atoms with Gasteiger partial charge in [0.25, 0.3) is 5.91 Å². The van der Waals surface area contributed by atoms with Crippen LogP contribution in [0.4, 0.5) is 0 Å². The molecule has 1 saturated heterocycles. The van der Waals surface area contributed by atoms with Gasteiger partial charge in [-0.2, -0.15) is 0 Å². The number of thioether (sulfide) groups is 1. The molecule has 1 N–H and O–H groups in total. The van der Waals surface area contributed by atoms with E-state index in [2.05, 4.69) is 37.2 Å². The van der Waals surface area contributed by atoms with Gasteiger partial charge < -0.3 is 5.32 Å². The Morgan fingerprint density at radius 3 is 2.72 bits per heavy atom. The summed E-state index contributed by atoms with van der Waals surface area (Å²) in [5, 5.41) is 2.46. The number of carbonyl (C=O) groups excluding carboxylic acids is 2. The van der Waals surface area contributed by atoms with Gasteiger partial charge in [-0.05, 0) is 18.2 Å². The zero-order valence-corrected chi connectivity index (χ0v) is 13.5. The van der Waals surface area contributed by atoms with E-state index in [-0.39, 0.29) is 11.7 Å². The fraction of sp³-hybridized carbons (Fsp3) is 0. The van der Waals surface area contributed by atoms with Gasteiger partial charge in [-0.3, -0.25) is 9.59 Å². The highest BCUT2D eigenvalue weighted by atomic mass is 79.9. The Morgan fingerprint density at radius 1 is 1.39 bits per heavy atom. The van der Waals surface area contributed by atoms with E-state index in [0.717, 1.165) is 16.2 Å². The summed E-state index contributed by atoms with van der Waals surface area (Å²) in [4.78, 5) is 23.8. The first-order chi connectivity index (χ1) is 8.47. The van der Waals surface area contributed by atoms with Crippen molar-refractivity contribution in [3.8, 4) is 0 Å². The van der Waals surface area contributed by atoms with Gasteiger partial charge in [0, 0.05) is 20.6 Å². The average molecular weight is 407 g/mol. The first-order valence-corrected chi connectivity index (χ1v) is 7.52. The molecule has 0 bridgehead atoms. The van der Waals surface area contributed by atoms with Crippen molar-refractivity contribution < 1.29 is 9.59 Å². The second-order valence-electron chi connectivity index (χ2n) is 3.34. The van der Waals surface area contributed by atoms with Crippen molar-refractivity contribution >= 4 is 71.9 Å². The fourth-order valence-corrected chi connectivity index (χ4v) is 3.12. The first-order valence-electron chi connectivity index (χ1n) is 4.71. The summed E-state index contributed by atoms with van der Waals surface area (Å²) in [6, 6.07) is 5.28. The third-order valence-corrected chi connectivity index (χ3v) is 4.45. The Morgan fingerprint density at radius 2 is 2.11 bits per heavy atom. The maximum absolute atomic E-state index is 12.1. The Kier molecular flexibility index (Phi) is 4.37. The van der Waals surface area contributed by atoms with Gasteiger partial charge in [-0.1, -0.05) is 55.8 Å². The molecule has 1 fully saturated rings. The summed E-state index contributed by atoms with van der Waals surface area (Å²) in [7, 11) is 0. The topological polar surface area (TPSA) is 46.2 Å². The fourth-order valence-electron chi connectivity index (χ4n) is 1.30. The highest BCUT2D eigenvalue weighted by Crippen LogP contribution is 2.26. The Hall–Kier alpha value is -0.500. The van der Waals surface area contributed by atoms with Crippen LogP contribution in [-0.2, 0) is 4.79 Å². The van der Waals surface area contributed by atoms with E-state index in [4.69, 9.17) is 12.2 Å². The van der Waals surface area contributed by atoms with Crippen LogP contribution >= 0.6 is 55.8 Å². The van der Waals surface area contributed by atoms with E-state index in [1.54, 1.807) is 12.1 Å². The van der Waals surface area contributed by atoms with Crippen LogP contribution in [0.3, 0.4) is 0 Å². The number of hydrogen-bond acceptors (Lipinski definition) is 4. The number of hydrogen-bond donors (Lipinski definition) is 1. The van der Waals surface area contributed by atoms with Crippen LogP contribution in [0.15, 0.2) is 38.1 Å². The lowest BCUT2D eigenvalue weighted by atomic mass is 10.1. The maximum Gasteiger partial charge on any atom is 0.263 e. The molecule has 3 nitrogen and oxygen atoms in total. The third-order valence-electron chi connectivity index (χ3n) is 2.10. The Bertz CT molecular complexity index is 599. The number of thiocarbonyl (C=S) groups is 1. The number of allylic oxidation sites excluding steroid dienone is 1. The molecule has 1 heterocycles. The number of carbonyl (C=O) groups is 2. The van der Waals surface area contributed by atoms with Crippen molar-refractivity contribution in [2.75, 3.05) is 0 Å². The number of halogens is 2. The minimum absolute atomic E-state index is 0.245. The SMILES string of the molecule is O=C1NC(=S)S/C1=C\C(=O)c1cc(Br)ccc1Br. The first kappa shape index (κ1) is 13.9. The molecule has 1 aromatic rings. The summed E-state index contributed by atoms with van der Waals surface area (Å²) in [6.07, 6.45) is 1.30. The molecule has 0 atom stereocenters.